The van der Waals surface area contributed by atoms with Gasteiger partial charge in [0.1, 0.15) is 5.69 Å². The van der Waals surface area contributed by atoms with Gasteiger partial charge in [-0.3, -0.25) is 4.79 Å². The van der Waals surface area contributed by atoms with Crippen LogP contribution >= 0.6 is 24.8 Å². The Bertz CT molecular complexity index is 600. The third-order valence-corrected chi connectivity index (χ3v) is 3.46. The first-order valence-corrected chi connectivity index (χ1v) is 6.70. The van der Waals surface area contributed by atoms with Crippen LogP contribution in [-0.2, 0) is 0 Å². The standard InChI is InChI=1S/C15H17N3O.2ClH/c19-15(17-12-5-3-9-16-10-12)14-8-7-11-4-1-2-6-13(11)18-14;;/h1-2,4,6-8,12,16H,3,5,9-10H2,(H,17,19);2*1H. The Kier molecular flexibility index (Phi) is 6.89. The van der Waals surface area contributed by atoms with Gasteiger partial charge in [-0.2, -0.15) is 0 Å². The van der Waals surface area contributed by atoms with Crippen molar-refractivity contribution in [1.29, 1.82) is 0 Å². The maximum Gasteiger partial charge on any atom is 0.270 e. The Morgan fingerprint density at radius 3 is 2.76 bits per heavy atom. The number of pyridine rings is 1. The number of amides is 1. The number of nitrogens with zero attached hydrogens (tertiary/aromatic N) is 1. The van der Waals surface area contributed by atoms with Gasteiger partial charge in [-0.1, -0.05) is 24.3 Å². The second-order valence-corrected chi connectivity index (χ2v) is 4.91. The molecule has 1 saturated heterocycles. The quantitative estimate of drug-likeness (QED) is 0.891. The number of hydrogen-bond donors (Lipinski definition) is 2. The lowest BCUT2D eigenvalue weighted by Crippen LogP contribution is -2.45. The number of carbonyl (C=O) groups is 1. The number of para-hydroxylation sites is 1. The molecule has 114 valence electrons. The van der Waals surface area contributed by atoms with Crippen molar-refractivity contribution in [2.45, 2.75) is 18.9 Å². The molecule has 0 bridgehead atoms. The molecule has 2 heterocycles. The number of carbonyl (C=O) groups excluding carboxylic acids is 1. The number of aromatic nitrogens is 1. The van der Waals surface area contributed by atoms with E-state index in [2.05, 4.69) is 15.6 Å². The van der Waals surface area contributed by atoms with Crippen molar-refractivity contribution in [2.24, 2.45) is 0 Å². The maximum absolute atomic E-state index is 12.2. The molecule has 1 fully saturated rings. The number of rotatable bonds is 2. The van der Waals surface area contributed by atoms with Crippen LogP contribution < -0.4 is 10.6 Å². The average molecular weight is 328 g/mol. The molecule has 1 aliphatic rings. The van der Waals surface area contributed by atoms with E-state index in [1.54, 1.807) is 6.07 Å². The molecule has 4 nitrogen and oxygen atoms in total. The molecular formula is C15H19Cl2N3O. The van der Waals surface area contributed by atoms with Gasteiger partial charge in [0.05, 0.1) is 5.52 Å². The number of halogens is 2. The van der Waals surface area contributed by atoms with Gasteiger partial charge in [-0.15, -0.1) is 24.8 Å². The van der Waals surface area contributed by atoms with Crippen molar-refractivity contribution in [1.82, 2.24) is 15.6 Å². The normalized spacial score (nSPS) is 17.4. The molecular weight excluding hydrogens is 309 g/mol. The lowest BCUT2D eigenvalue weighted by molar-refractivity contribution is 0.0926. The van der Waals surface area contributed by atoms with Crippen LogP contribution in [0.5, 0.6) is 0 Å². The maximum atomic E-state index is 12.2. The van der Waals surface area contributed by atoms with E-state index in [9.17, 15) is 4.79 Å². The van der Waals surface area contributed by atoms with Crippen molar-refractivity contribution < 1.29 is 4.79 Å². The zero-order valence-corrected chi connectivity index (χ0v) is 13.2. The molecule has 0 aliphatic carbocycles. The lowest BCUT2D eigenvalue weighted by atomic mass is 10.1. The summed E-state index contributed by atoms with van der Waals surface area (Å²) in [7, 11) is 0. The molecule has 3 rings (SSSR count). The fourth-order valence-corrected chi connectivity index (χ4v) is 2.43. The highest BCUT2D eigenvalue weighted by Gasteiger charge is 2.17. The van der Waals surface area contributed by atoms with Crippen molar-refractivity contribution in [3.63, 3.8) is 0 Å². The number of nitrogens with one attached hydrogen (secondary N) is 2. The van der Waals surface area contributed by atoms with Crippen LogP contribution in [0, 0.1) is 0 Å². The Morgan fingerprint density at radius 1 is 1.19 bits per heavy atom. The first-order chi connectivity index (χ1) is 9.33. The summed E-state index contributed by atoms with van der Waals surface area (Å²) >= 11 is 0. The molecule has 1 aromatic carbocycles. The molecule has 1 aliphatic heterocycles. The summed E-state index contributed by atoms with van der Waals surface area (Å²) in [6.45, 7) is 1.89. The summed E-state index contributed by atoms with van der Waals surface area (Å²) in [5, 5.41) is 7.38. The number of hydrogen-bond acceptors (Lipinski definition) is 3. The van der Waals surface area contributed by atoms with Crippen molar-refractivity contribution in [3.8, 4) is 0 Å². The van der Waals surface area contributed by atoms with Crippen LogP contribution in [0.4, 0.5) is 0 Å². The average Bonchev–Trinajstić information content (AvgIpc) is 2.48. The zero-order valence-electron chi connectivity index (χ0n) is 11.5. The van der Waals surface area contributed by atoms with Crippen LogP contribution in [0.15, 0.2) is 36.4 Å². The van der Waals surface area contributed by atoms with Crippen LogP contribution in [0.1, 0.15) is 23.3 Å². The zero-order chi connectivity index (χ0) is 13.1. The molecule has 1 atom stereocenters. The summed E-state index contributed by atoms with van der Waals surface area (Å²) < 4.78 is 0. The SMILES string of the molecule is Cl.Cl.O=C(NC1CCCNC1)c1ccc2ccccc2n1. The van der Waals surface area contributed by atoms with Crippen molar-refractivity contribution in [3.05, 3.63) is 42.1 Å². The molecule has 0 saturated carbocycles. The van der Waals surface area contributed by atoms with Gasteiger partial charge in [0, 0.05) is 18.0 Å². The minimum absolute atomic E-state index is 0. The topological polar surface area (TPSA) is 54.0 Å². The van der Waals surface area contributed by atoms with Gasteiger partial charge in [0.2, 0.25) is 0 Å². The Labute approximate surface area is 136 Å². The van der Waals surface area contributed by atoms with Crippen LogP contribution in [0.25, 0.3) is 10.9 Å². The first kappa shape index (κ1) is 17.7. The second kappa shape index (κ2) is 8.17. The van der Waals surface area contributed by atoms with Gasteiger partial charge in [0.25, 0.3) is 5.91 Å². The lowest BCUT2D eigenvalue weighted by Gasteiger charge is -2.23. The Morgan fingerprint density at radius 2 is 2.00 bits per heavy atom. The minimum atomic E-state index is -0.0838. The van der Waals surface area contributed by atoms with Crippen LogP contribution in [0.2, 0.25) is 0 Å². The first-order valence-electron chi connectivity index (χ1n) is 6.70. The molecule has 2 N–H and O–H groups in total. The second-order valence-electron chi connectivity index (χ2n) is 4.91. The van der Waals surface area contributed by atoms with E-state index in [4.69, 9.17) is 0 Å². The summed E-state index contributed by atoms with van der Waals surface area (Å²) in [5.74, 6) is -0.0838. The molecule has 1 amide bonds. The summed E-state index contributed by atoms with van der Waals surface area (Å²) in [6, 6.07) is 11.8. The van der Waals surface area contributed by atoms with E-state index in [1.807, 2.05) is 30.3 Å². The van der Waals surface area contributed by atoms with Crippen molar-refractivity contribution in [2.75, 3.05) is 13.1 Å². The number of benzene rings is 1. The number of fused-ring (bicyclic) bond motifs is 1. The molecule has 1 unspecified atom stereocenters. The Balaban J connectivity index is 0.00000110. The summed E-state index contributed by atoms with van der Waals surface area (Å²) in [6.07, 6.45) is 2.14. The van der Waals surface area contributed by atoms with Gasteiger partial charge in [-0.25, -0.2) is 4.98 Å². The number of piperidine rings is 1. The molecule has 6 heteroatoms. The third-order valence-electron chi connectivity index (χ3n) is 3.46. The summed E-state index contributed by atoms with van der Waals surface area (Å²) in [5.41, 5.74) is 1.35. The highest BCUT2D eigenvalue weighted by molar-refractivity contribution is 5.95. The van der Waals surface area contributed by atoms with E-state index in [-0.39, 0.29) is 36.8 Å². The fourth-order valence-electron chi connectivity index (χ4n) is 2.43. The van der Waals surface area contributed by atoms with E-state index >= 15 is 0 Å². The van der Waals surface area contributed by atoms with Gasteiger partial charge < -0.3 is 10.6 Å². The highest BCUT2D eigenvalue weighted by Crippen LogP contribution is 2.12. The molecule has 21 heavy (non-hydrogen) atoms. The van der Waals surface area contributed by atoms with Crippen LogP contribution in [0.3, 0.4) is 0 Å². The molecule has 0 spiro atoms. The third kappa shape index (κ3) is 4.30. The fraction of sp³-hybridized carbons (Fsp3) is 0.333. The predicted molar refractivity (Wildman–Crippen MR) is 89.6 cm³/mol. The van der Waals surface area contributed by atoms with Gasteiger partial charge in [0.15, 0.2) is 0 Å². The largest absolute Gasteiger partial charge is 0.347 e. The predicted octanol–water partition coefficient (Wildman–Crippen LogP) is 2.56. The minimum Gasteiger partial charge on any atom is -0.347 e. The van der Waals surface area contributed by atoms with E-state index < -0.39 is 0 Å². The Hall–Kier alpha value is -1.36. The van der Waals surface area contributed by atoms with E-state index in [1.165, 1.54) is 0 Å². The van der Waals surface area contributed by atoms with Gasteiger partial charge in [-0.05, 0) is 31.5 Å². The van der Waals surface area contributed by atoms with Crippen LogP contribution in [-0.4, -0.2) is 30.0 Å². The summed E-state index contributed by atoms with van der Waals surface area (Å²) in [4.78, 5) is 16.6. The van der Waals surface area contributed by atoms with E-state index in [0.29, 0.717) is 5.69 Å². The molecule has 1 aromatic heterocycles. The highest BCUT2D eigenvalue weighted by atomic mass is 35.5. The van der Waals surface area contributed by atoms with E-state index in [0.717, 1.165) is 36.8 Å². The monoisotopic (exact) mass is 327 g/mol. The molecule has 2 aromatic rings. The smallest absolute Gasteiger partial charge is 0.270 e. The molecule has 0 radical (unpaired) electrons. The van der Waals surface area contributed by atoms with Gasteiger partial charge >= 0.3 is 0 Å². The van der Waals surface area contributed by atoms with Crippen molar-refractivity contribution >= 4 is 41.6 Å².